The Hall–Kier alpha value is -2.96. The first-order chi connectivity index (χ1) is 13.1. The molecule has 2 atom stereocenters. The summed E-state index contributed by atoms with van der Waals surface area (Å²) < 4.78 is 35.4. The van der Waals surface area contributed by atoms with Crippen molar-refractivity contribution in [3.63, 3.8) is 0 Å². The lowest BCUT2D eigenvalue weighted by Gasteiger charge is -2.31. The van der Waals surface area contributed by atoms with Gasteiger partial charge >= 0.3 is 0 Å². The van der Waals surface area contributed by atoms with E-state index in [4.69, 9.17) is 4.74 Å². The molecule has 4 rings (SSSR count). The number of carbonyl (C=O) groups excluding carboxylic acids is 1. The summed E-state index contributed by atoms with van der Waals surface area (Å²) in [4.78, 5) is 14.1. The van der Waals surface area contributed by atoms with E-state index in [2.05, 4.69) is 5.10 Å². The number of amides is 1. The van der Waals surface area contributed by atoms with Crippen molar-refractivity contribution in [3.05, 3.63) is 71.7 Å². The molecule has 1 amide bonds. The van der Waals surface area contributed by atoms with Crippen molar-refractivity contribution in [1.29, 1.82) is 0 Å². The molecule has 140 valence electrons. The quantitative estimate of drug-likeness (QED) is 0.829. The number of rotatable bonds is 4. The van der Waals surface area contributed by atoms with E-state index in [0.29, 0.717) is 25.6 Å². The van der Waals surface area contributed by atoms with Gasteiger partial charge in [-0.15, -0.1) is 5.10 Å². The molecule has 1 aliphatic carbocycles. The standard InChI is InChI=1S/C20H19F2N3O2/c21-16-7-4-8-17(22)19(16)20(26)24-9-10-25-15(12-24)11-18(23-25)27-13-14-5-2-1-3-6-14/h1-8,11,16,19H,9-10,12-13H2. The van der Waals surface area contributed by atoms with Gasteiger partial charge in [-0.25, -0.2) is 8.78 Å². The molecule has 5 nitrogen and oxygen atoms in total. The number of hydrogen-bond donors (Lipinski definition) is 0. The van der Waals surface area contributed by atoms with Crippen molar-refractivity contribution in [3.8, 4) is 5.88 Å². The molecular formula is C20H19F2N3O2. The van der Waals surface area contributed by atoms with Gasteiger partial charge in [0, 0.05) is 12.6 Å². The number of ether oxygens (including phenoxy) is 1. The normalized spacial score (nSPS) is 21.6. The highest BCUT2D eigenvalue weighted by atomic mass is 19.1. The van der Waals surface area contributed by atoms with E-state index in [1.807, 2.05) is 30.3 Å². The first kappa shape index (κ1) is 17.5. The van der Waals surface area contributed by atoms with Crippen LogP contribution in [0.25, 0.3) is 0 Å². The topological polar surface area (TPSA) is 47.4 Å². The van der Waals surface area contributed by atoms with E-state index < -0.39 is 23.8 Å². The predicted octanol–water partition coefficient (Wildman–Crippen LogP) is 3.18. The molecule has 2 aromatic rings. The number of benzene rings is 1. The number of aromatic nitrogens is 2. The Morgan fingerprint density at radius 2 is 2.07 bits per heavy atom. The summed E-state index contributed by atoms with van der Waals surface area (Å²) in [6, 6.07) is 11.5. The van der Waals surface area contributed by atoms with Crippen molar-refractivity contribution in [2.75, 3.05) is 6.54 Å². The minimum absolute atomic E-state index is 0.251. The Balaban J connectivity index is 1.42. The summed E-state index contributed by atoms with van der Waals surface area (Å²) >= 11 is 0. The van der Waals surface area contributed by atoms with Gasteiger partial charge in [-0.05, 0) is 17.7 Å². The molecule has 0 N–H and O–H groups in total. The van der Waals surface area contributed by atoms with Gasteiger partial charge in [0.1, 0.15) is 24.5 Å². The second-order valence-corrected chi connectivity index (χ2v) is 6.59. The number of allylic oxidation sites excluding steroid dienone is 3. The van der Waals surface area contributed by atoms with Gasteiger partial charge in [-0.1, -0.05) is 36.4 Å². The maximum Gasteiger partial charge on any atom is 0.236 e. The fraction of sp³-hybridized carbons (Fsp3) is 0.300. The number of halogens is 2. The number of fused-ring (bicyclic) bond motifs is 1. The molecule has 0 fully saturated rings. The van der Waals surface area contributed by atoms with E-state index in [1.54, 1.807) is 10.7 Å². The van der Waals surface area contributed by atoms with E-state index in [0.717, 1.165) is 17.3 Å². The Morgan fingerprint density at radius 3 is 2.85 bits per heavy atom. The molecule has 0 spiro atoms. The van der Waals surface area contributed by atoms with Crippen molar-refractivity contribution in [2.24, 2.45) is 5.92 Å². The average Bonchev–Trinajstić information content (AvgIpc) is 3.09. The minimum Gasteiger partial charge on any atom is -0.472 e. The molecule has 1 aromatic heterocycles. The number of carbonyl (C=O) groups is 1. The van der Waals surface area contributed by atoms with Crippen LogP contribution in [0.5, 0.6) is 5.88 Å². The van der Waals surface area contributed by atoms with Gasteiger partial charge in [0.15, 0.2) is 0 Å². The molecule has 27 heavy (non-hydrogen) atoms. The smallest absolute Gasteiger partial charge is 0.236 e. The summed E-state index contributed by atoms with van der Waals surface area (Å²) in [5.74, 6) is -2.20. The molecule has 2 heterocycles. The number of nitrogens with zero attached hydrogens (tertiary/aromatic N) is 3. The lowest BCUT2D eigenvalue weighted by Crippen LogP contribution is -2.44. The number of hydrogen-bond acceptors (Lipinski definition) is 3. The SMILES string of the molecule is O=C(C1C(F)=CC=CC1F)N1CCn2nc(OCc3ccccc3)cc2C1. The summed E-state index contributed by atoms with van der Waals surface area (Å²) in [5.41, 5.74) is 1.81. The molecule has 7 heteroatoms. The van der Waals surface area contributed by atoms with Crippen LogP contribution in [0.4, 0.5) is 8.78 Å². The zero-order valence-corrected chi connectivity index (χ0v) is 14.6. The van der Waals surface area contributed by atoms with E-state index in [9.17, 15) is 13.6 Å². The Bertz CT molecular complexity index is 892. The lowest BCUT2D eigenvalue weighted by molar-refractivity contribution is -0.137. The van der Waals surface area contributed by atoms with Crippen LogP contribution in [-0.4, -0.2) is 33.3 Å². The van der Waals surface area contributed by atoms with Gasteiger partial charge in [-0.2, -0.15) is 0 Å². The summed E-state index contributed by atoms with van der Waals surface area (Å²) in [5, 5.41) is 4.39. The van der Waals surface area contributed by atoms with Crippen LogP contribution < -0.4 is 4.74 Å². The van der Waals surface area contributed by atoms with Crippen LogP contribution in [0.3, 0.4) is 0 Å². The van der Waals surface area contributed by atoms with Gasteiger partial charge < -0.3 is 9.64 Å². The van der Waals surface area contributed by atoms with Crippen LogP contribution >= 0.6 is 0 Å². The van der Waals surface area contributed by atoms with E-state index in [-0.39, 0.29) is 6.54 Å². The molecule has 0 saturated carbocycles. The Labute approximate surface area is 155 Å². The second-order valence-electron chi connectivity index (χ2n) is 6.59. The Kier molecular flexibility index (Phi) is 4.75. The first-order valence-corrected chi connectivity index (χ1v) is 8.82. The fourth-order valence-electron chi connectivity index (χ4n) is 3.30. The van der Waals surface area contributed by atoms with Crippen LogP contribution in [0.2, 0.25) is 0 Å². The third kappa shape index (κ3) is 3.63. The molecule has 2 unspecified atom stereocenters. The Morgan fingerprint density at radius 1 is 1.26 bits per heavy atom. The van der Waals surface area contributed by atoms with E-state index >= 15 is 0 Å². The summed E-state index contributed by atoms with van der Waals surface area (Å²) in [6.45, 7) is 1.46. The minimum atomic E-state index is -1.64. The third-order valence-electron chi connectivity index (χ3n) is 4.75. The predicted molar refractivity (Wildman–Crippen MR) is 95.1 cm³/mol. The van der Waals surface area contributed by atoms with Crippen molar-refractivity contribution in [2.45, 2.75) is 25.9 Å². The van der Waals surface area contributed by atoms with Crippen molar-refractivity contribution < 1.29 is 18.3 Å². The van der Waals surface area contributed by atoms with Crippen LogP contribution in [0.1, 0.15) is 11.3 Å². The zero-order chi connectivity index (χ0) is 18.8. The third-order valence-corrected chi connectivity index (χ3v) is 4.75. The average molecular weight is 371 g/mol. The van der Waals surface area contributed by atoms with Crippen molar-refractivity contribution in [1.82, 2.24) is 14.7 Å². The number of alkyl halides is 1. The lowest BCUT2D eigenvalue weighted by atomic mass is 9.95. The molecule has 1 aromatic carbocycles. The largest absolute Gasteiger partial charge is 0.472 e. The van der Waals surface area contributed by atoms with Crippen LogP contribution in [-0.2, 0) is 24.5 Å². The van der Waals surface area contributed by atoms with Gasteiger partial charge in [0.25, 0.3) is 0 Å². The van der Waals surface area contributed by atoms with Crippen molar-refractivity contribution >= 4 is 5.91 Å². The molecule has 1 aliphatic heterocycles. The molecular weight excluding hydrogens is 352 g/mol. The summed E-state index contributed by atoms with van der Waals surface area (Å²) in [6.07, 6.45) is 2.00. The van der Waals surface area contributed by atoms with E-state index in [1.165, 1.54) is 17.1 Å². The molecule has 2 aliphatic rings. The van der Waals surface area contributed by atoms with Gasteiger partial charge in [0.05, 0.1) is 18.8 Å². The highest BCUT2D eigenvalue weighted by molar-refractivity contribution is 5.82. The monoisotopic (exact) mass is 371 g/mol. The molecule has 0 bridgehead atoms. The van der Waals surface area contributed by atoms with Gasteiger partial charge in [0.2, 0.25) is 11.8 Å². The van der Waals surface area contributed by atoms with Gasteiger partial charge in [-0.3, -0.25) is 9.48 Å². The first-order valence-electron chi connectivity index (χ1n) is 8.82. The zero-order valence-electron chi connectivity index (χ0n) is 14.6. The fourth-order valence-corrected chi connectivity index (χ4v) is 3.30. The highest BCUT2D eigenvalue weighted by Gasteiger charge is 2.37. The molecule has 0 saturated heterocycles. The maximum absolute atomic E-state index is 14.0. The second kappa shape index (κ2) is 7.34. The van der Waals surface area contributed by atoms with Crippen LogP contribution in [0.15, 0.2) is 60.5 Å². The maximum atomic E-state index is 14.0. The van der Waals surface area contributed by atoms with Crippen LogP contribution in [0, 0.1) is 5.92 Å². The molecule has 0 radical (unpaired) electrons. The summed E-state index contributed by atoms with van der Waals surface area (Å²) in [7, 11) is 0. The highest BCUT2D eigenvalue weighted by Crippen LogP contribution is 2.28.